The van der Waals surface area contributed by atoms with Crippen molar-refractivity contribution in [2.45, 2.75) is 26.4 Å². The normalized spacial score (nSPS) is 12.7. The molecule has 5 nitrogen and oxygen atoms in total. The number of aryl methyl sites for hydroxylation is 1. The number of nitrogens with zero attached hydrogens (tertiary/aromatic N) is 5. The van der Waals surface area contributed by atoms with Crippen molar-refractivity contribution in [3.05, 3.63) is 29.8 Å². The minimum Gasteiger partial charge on any atom is -0.347 e. The molecule has 0 N–H and O–H groups in total. The summed E-state index contributed by atoms with van der Waals surface area (Å²) in [7, 11) is 8.16. The van der Waals surface area contributed by atoms with E-state index in [0.29, 0.717) is 6.04 Å². The van der Waals surface area contributed by atoms with Crippen LogP contribution < -0.4 is 4.90 Å². The fourth-order valence-corrected chi connectivity index (χ4v) is 2.23. The zero-order valence-corrected chi connectivity index (χ0v) is 13.8. The van der Waals surface area contributed by atoms with Crippen molar-refractivity contribution in [2.24, 2.45) is 0 Å². The van der Waals surface area contributed by atoms with Crippen molar-refractivity contribution in [2.75, 3.05) is 33.1 Å². The summed E-state index contributed by atoms with van der Waals surface area (Å²) in [5.74, 6) is 1.67. The molecule has 1 heterocycles. The molecule has 0 unspecified atom stereocenters. The Balaban J connectivity index is 2.41. The molecule has 2 aromatic rings. The molecular weight excluding hydrogens is 262 g/mol. The van der Waals surface area contributed by atoms with Gasteiger partial charge >= 0.3 is 0 Å². The summed E-state index contributed by atoms with van der Waals surface area (Å²) in [6.07, 6.45) is 0. The molecule has 0 radical (unpaired) electrons. The highest BCUT2D eigenvalue weighted by atomic mass is 15.4. The minimum atomic E-state index is 0.367. The van der Waals surface area contributed by atoms with E-state index in [1.165, 1.54) is 5.56 Å². The van der Waals surface area contributed by atoms with E-state index in [4.69, 9.17) is 0 Å². The highest BCUT2D eigenvalue weighted by molar-refractivity contribution is 5.58. The lowest BCUT2D eigenvalue weighted by atomic mass is 10.0. The van der Waals surface area contributed by atoms with Crippen molar-refractivity contribution >= 4 is 5.95 Å². The summed E-state index contributed by atoms with van der Waals surface area (Å²) in [4.78, 5) is 8.85. The number of benzene rings is 1. The Bertz CT molecular complexity index is 600. The largest absolute Gasteiger partial charge is 0.347 e. The van der Waals surface area contributed by atoms with E-state index >= 15 is 0 Å². The van der Waals surface area contributed by atoms with E-state index < -0.39 is 0 Å². The number of rotatable bonds is 5. The van der Waals surface area contributed by atoms with Crippen molar-refractivity contribution in [1.82, 2.24) is 19.7 Å². The lowest BCUT2D eigenvalue weighted by Gasteiger charge is -2.20. The quantitative estimate of drug-likeness (QED) is 0.847. The van der Waals surface area contributed by atoms with Crippen LogP contribution in [0.3, 0.4) is 0 Å². The topological polar surface area (TPSA) is 37.2 Å². The van der Waals surface area contributed by atoms with Crippen molar-refractivity contribution in [1.29, 1.82) is 0 Å². The maximum absolute atomic E-state index is 4.66. The van der Waals surface area contributed by atoms with Gasteiger partial charge in [0.25, 0.3) is 0 Å². The van der Waals surface area contributed by atoms with Crippen molar-refractivity contribution < 1.29 is 0 Å². The molecular formula is C16H25N5. The van der Waals surface area contributed by atoms with Crippen molar-refractivity contribution in [3.8, 4) is 11.4 Å². The van der Waals surface area contributed by atoms with E-state index in [9.17, 15) is 0 Å². The lowest BCUT2D eigenvalue weighted by Crippen LogP contribution is -2.16. The first-order chi connectivity index (χ1) is 9.93. The standard InChI is InChI=1S/C16H25N5/c1-7-21-16(20(5)6)17-15(18-21)14-10-8-9-13(11-14)12(2)19(3)4/h8-12H,7H2,1-6H3/t12-/m0/s1. The van der Waals surface area contributed by atoms with Gasteiger partial charge in [0.2, 0.25) is 5.95 Å². The van der Waals surface area contributed by atoms with Gasteiger partial charge < -0.3 is 9.80 Å². The van der Waals surface area contributed by atoms with Gasteiger partial charge in [-0.05, 0) is 39.6 Å². The average Bonchev–Trinajstić information content (AvgIpc) is 2.91. The Hall–Kier alpha value is -1.88. The lowest BCUT2D eigenvalue weighted by molar-refractivity contribution is 0.321. The third kappa shape index (κ3) is 3.24. The summed E-state index contributed by atoms with van der Waals surface area (Å²) in [6, 6.07) is 8.84. The first-order valence-electron chi connectivity index (χ1n) is 7.33. The third-order valence-corrected chi connectivity index (χ3v) is 3.75. The molecule has 1 atom stereocenters. The second-order valence-corrected chi connectivity index (χ2v) is 5.71. The molecule has 1 aromatic carbocycles. The smallest absolute Gasteiger partial charge is 0.223 e. The first kappa shape index (κ1) is 15.5. The maximum Gasteiger partial charge on any atom is 0.223 e. The fraction of sp³-hybridized carbons (Fsp3) is 0.500. The van der Waals surface area contributed by atoms with Crippen LogP contribution in [0.4, 0.5) is 5.95 Å². The van der Waals surface area contributed by atoms with E-state index in [1.54, 1.807) is 0 Å². The van der Waals surface area contributed by atoms with Gasteiger partial charge in [-0.2, -0.15) is 4.98 Å². The summed E-state index contributed by atoms with van der Waals surface area (Å²) < 4.78 is 1.93. The van der Waals surface area contributed by atoms with Crippen molar-refractivity contribution in [3.63, 3.8) is 0 Å². The van der Waals surface area contributed by atoms with Crippen LogP contribution in [0.15, 0.2) is 24.3 Å². The minimum absolute atomic E-state index is 0.367. The van der Waals surface area contributed by atoms with E-state index in [2.05, 4.69) is 67.2 Å². The van der Waals surface area contributed by atoms with Crippen LogP contribution >= 0.6 is 0 Å². The van der Waals surface area contributed by atoms with Gasteiger partial charge in [-0.3, -0.25) is 0 Å². The predicted octanol–water partition coefficient (Wildman–Crippen LogP) is 2.65. The monoisotopic (exact) mass is 287 g/mol. The van der Waals surface area contributed by atoms with Crippen LogP contribution in [-0.4, -0.2) is 47.9 Å². The summed E-state index contributed by atoms with van der Waals surface area (Å²) in [6.45, 7) is 5.09. The van der Waals surface area contributed by atoms with Gasteiger partial charge in [-0.1, -0.05) is 18.2 Å². The molecule has 0 aliphatic rings. The van der Waals surface area contributed by atoms with Gasteiger partial charge in [0, 0.05) is 32.2 Å². The summed E-state index contributed by atoms with van der Waals surface area (Å²) in [5, 5.41) is 4.62. The Morgan fingerprint density at radius 2 is 1.90 bits per heavy atom. The van der Waals surface area contributed by atoms with Gasteiger partial charge in [0.05, 0.1) is 0 Å². The van der Waals surface area contributed by atoms with Gasteiger partial charge in [-0.15, -0.1) is 5.10 Å². The third-order valence-electron chi connectivity index (χ3n) is 3.75. The Labute approximate surface area is 127 Å². The molecule has 0 aliphatic heterocycles. The molecule has 1 aromatic heterocycles. The second kappa shape index (κ2) is 6.26. The van der Waals surface area contributed by atoms with Crippen LogP contribution in [0.1, 0.15) is 25.5 Å². The average molecular weight is 287 g/mol. The zero-order chi connectivity index (χ0) is 15.6. The molecule has 2 rings (SSSR count). The predicted molar refractivity (Wildman–Crippen MR) is 87.6 cm³/mol. The molecule has 21 heavy (non-hydrogen) atoms. The fourth-order valence-electron chi connectivity index (χ4n) is 2.23. The highest BCUT2D eigenvalue weighted by Gasteiger charge is 2.14. The summed E-state index contributed by atoms with van der Waals surface area (Å²) >= 11 is 0. The van der Waals surface area contributed by atoms with Crippen LogP contribution in [0.2, 0.25) is 0 Å². The van der Waals surface area contributed by atoms with Crippen LogP contribution in [0, 0.1) is 0 Å². The van der Waals surface area contributed by atoms with E-state index in [-0.39, 0.29) is 0 Å². The molecule has 0 spiro atoms. The molecule has 0 fully saturated rings. The van der Waals surface area contributed by atoms with Gasteiger partial charge in [0.15, 0.2) is 5.82 Å². The van der Waals surface area contributed by atoms with Crippen LogP contribution in [-0.2, 0) is 6.54 Å². The van der Waals surface area contributed by atoms with E-state index in [1.807, 2.05) is 23.7 Å². The second-order valence-electron chi connectivity index (χ2n) is 5.71. The van der Waals surface area contributed by atoms with Crippen LogP contribution in [0.25, 0.3) is 11.4 Å². The molecule has 114 valence electrons. The molecule has 0 bridgehead atoms. The Kier molecular flexibility index (Phi) is 4.63. The van der Waals surface area contributed by atoms with Crippen LogP contribution in [0.5, 0.6) is 0 Å². The SMILES string of the molecule is CCn1nc(-c2cccc([C@H](C)N(C)C)c2)nc1N(C)C. The number of aromatic nitrogens is 3. The number of hydrogen-bond donors (Lipinski definition) is 0. The molecule has 0 saturated carbocycles. The number of anilines is 1. The first-order valence-corrected chi connectivity index (χ1v) is 7.33. The van der Waals surface area contributed by atoms with E-state index in [0.717, 1.165) is 23.9 Å². The van der Waals surface area contributed by atoms with Gasteiger partial charge in [-0.25, -0.2) is 4.68 Å². The molecule has 0 amide bonds. The maximum atomic E-state index is 4.66. The molecule has 5 heteroatoms. The zero-order valence-electron chi connectivity index (χ0n) is 13.8. The molecule has 0 saturated heterocycles. The highest BCUT2D eigenvalue weighted by Crippen LogP contribution is 2.24. The molecule has 0 aliphatic carbocycles. The van der Waals surface area contributed by atoms with Gasteiger partial charge in [0.1, 0.15) is 0 Å². The Morgan fingerprint density at radius 3 is 2.43 bits per heavy atom. The summed E-state index contributed by atoms with van der Waals surface area (Å²) in [5.41, 5.74) is 2.34. The number of hydrogen-bond acceptors (Lipinski definition) is 4. The Morgan fingerprint density at radius 1 is 1.19 bits per heavy atom.